The smallest absolute Gasteiger partial charge is 0.317 e. The van der Waals surface area contributed by atoms with Crippen LogP contribution in [0.25, 0.3) is 0 Å². The highest BCUT2D eigenvalue weighted by Gasteiger charge is 2.24. The molecule has 0 saturated carbocycles. The van der Waals surface area contributed by atoms with E-state index in [1.165, 1.54) is 0 Å². The number of amides is 2. The molecule has 0 radical (unpaired) electrons. The topological polar surface area (TPSA) is 52.7 Å². The van der Waals surface area contributed by atoms with Crippen LogP contribution in [0.5, 0.6) is 0 Å². The second-order valence-electron chi connectivity index (χ2n) is 4.95. The van der Waals surface area contributed by atoms with E-state index in [4.69, 9.17) is 0 Å². The van der Waals surface area contributed by atoms with E-state index in [0.29, 0.717) is 5.78 Å². The quantitative estimate of drug-likeness (QED) is 0.768. The van der Waals surface area contributed by atoms with Crippen LogP contribution in [0.4, 0.5) is 4.79 Å². The molecule has 0 aromatic rings. The summed E-state index contributed by atoms with van der Waals surface area (Å²) in [5.41, 5.74) is 0. The van der Waals surface area contributed by atoms with Gasteiger partial charge < -0.3 is 15.1 Å². The van der Waals surface area contributed by atoms with Gasteiger partial charge in [0.15, 0.2) is 0 Å². The van der Waals surface area contributed by atoms with E-state index in [2.05, 4.69) is 10.2 Å². The first kappa shape index (κ1) is 12.4. The Bertz CT molecular complexity index is 298. The fourth-order valence-electron chi connectivity index (χ4n) is 2.55. The Hall–Kier alpha value is -1.10. The number of piperidine rings is 1. The second kappa shape index (κ2) is 5.49. The number of nitrogens with zero attached hydrogens (tertiary/aromatic N) is 2. The number of ketones is 1. The molecule has 96 valence electrons. The third-order valence-electron chi connectivity index (χ3n) is 3.79. The predicted molar refractivity (Wildman–Crippen MR) is 64.8 cm³/mol. The first-order chi connectivity index (χ1) is 8.16. The summed E-state index contributed by atoms with van der Waals surface area (Å²) in [5, 5.41) is 2.80. The molecule has 5 nitrogen and oxygen atoms in total. The van der Waals surface area contributed by atoms with Crippen LogP contribution in [0.1, 0.15) is 19.8 Å². The van der Waals surface area contributed by atoms with Gasteiger partial charge in [0.05, 0.1) is 0 Å². The van der Waals surface area contributed by atoms with Crippen LogP contribution >= 0.6 is 0 Å². The average Bonchev–Trinajstić information content (AvgIpc) is 2.73. The number of hydrogen-bond acceptors (Lipinski definition) is 3. The minimum Gasteiger partial charge on any atom is -0.336 e. The van der Waals surface area contributed by atoms with E-state index < -0.39 is 0 Å². The molecule has 2 aliphatic heterocycles. The fourth-order valence-corrected chi connectivity index (χ4v) is 2.55. The molecule has 0 aliphatic carbocycles. The van der Waals surface area contributed by atoms with Gasteiger partial charge in [-0.15, -0.1) is 0 Å². The zero-order valence-corrected chi connectivity index (χ0v) is 10.4. The van der Waals surface area contributed by atoms with Crippen LogP contribution in [0, 0.1) is 5.92 Å². The molecule has 0 bridgehead atoms. The maximum atomic E-state index is 11.3. The van der Waals surface area contributed by atoms with Crippen molar-refractivity contribution in [1.82, 2.24) is 15.1 Å². The van der Waals surface area contributed by atoms with Gasteiger partial charge in [0.1, 0.15) is 5.78 Å². The molecule has 0 aromatic heterocycles. The molecule has 17 heavy (non-hydrogen) atoms. The van der Waals surface area contributed by atoms with Crippen LogP contribution in [-0.2, 0) is 4.79 Å². The van der Waals surface area contributed by atoms with Gasteiger partial charge in [-0.05, 0) is 32.9 Å². The average molecular weight is 239 g/mol. The van der Waals surface area contributed by atoms with Crippen molar-refractivity contribution < 1.29 is 9.59 Å². The monoisotopic (exact) mass is 239 g/mol. The lowest BCUT2D eigenvalue weighted by molar-refractivity contribution is -0.122. The van der Waals surface area contributed by atoms with Crippen LogP contribution < -0.4 is 5.32 Å². The highest BCUT2D eigenvalue weighted by molar-refractivity contribution is 5.78. The lowest BCUT2D eigenvalue weighted by atomic mass is 9.93. The number of urea groups is 1. The maximum Gasteiger partial charge on any atom is 0.317 e. The summed E-state index contributed by atoms with van der Waals surface area (Å²) in [6.07, 6.45) is 1.95. The third-order valence-corrected chi connectivity index (χ3v) is 3.79. The molecule has 0 aromatic carbocycles. The van der Waals surface area contributed by atoms with Gasteiger partial charge in [-0.2, -0.15) is 0 Å². The summed E-state index contributed by atoms with van der Waals surface area (Å²) in [7, 11) is 0. The van der Waals surface area contributed by atoms with E-state index in [-0.39, 0.29) is 11.9 Å². The SMILES string of the molecule is CC(=O)C1CCN(CCN2CCNC2=O)CC1. The fraction of sp³-hybridized carbons (Fsp3) is 0.833. The van der Waals surface area contributed by atoms with Crippen LogP contribution in [0.2, 0.25) is 0 Å². The van der Waals surface area contributed by atoms with Gasteiger partial charge in [-0.1, -0.05) is 0 Å². The Kier molecular flexibility index (Phi) is 3.99. The van der Waals surface area contributed by atoms with Gasteiger partial charge in [-0.25, -0.2) is 4.79 Å². The summed E-state index contributed by atoms with van der Waals surface area (Å²) >= 11 is 0. The van der Waals surface area contributed by atoms with Crippen molar-refractivity contribution in [3.8, 4) is 0 Å². The summed E-state index contributed by atoms with van der Waals surface area (Å²) in [4.78, 5) is 26.8. The summed E-state index contributed by atoms with van der Waals surface area (Å²) in [5.74, 6) is 0.588. The van der Waals surface area contributed by atoms with Gasteiger partial charge >= 0.3 is 6.03 Å². The van der Waals surface area contributed by atoms with E-state index in [0.717, 1.165) is 52.1 Å². The van der Waals surface area contributed by atoms with E-state index in [1.54, 1.807) is 6.92 Å². The molecule has 2 saturated heterocycles. The molecule has 0 atom stereocenters. The zero-order valence-electron chi connectivity index (χ0n) is 10.4. The molecule has 0 unspecified atom stereocenters. The maximum absolute atomic E-state index is 11.3. The normalized spacial score (nSPS) is 22.9. The zero-order chi connectivity index (χ0) is 12.3. The van der Waals surface area contributed by atoms with Crippen LogP contribution in [0.15, 0.2) is 0 Å². The number of carbonyl (C=O) groups excluding carboxylic acids is 2. The highest BCUT2D eigenvalue weighted by Crippen LogP contribution is 2.17. The Balaban J connectivity index is 1.68. The minimum atomic E-state index is 0.0589. The summed E-state index contributed by atoms with van der Waals surface area (Å²) in [6.45, 7) is 6.98. The van der Waals surface area contributed by atoms with Crippen molar-refractivity contribution in [2.75, 3.05) is 39.3 Å². The summed E-state index contributed by atoms with van der Waals surface area (Å²) < 4.78 is 0. The molecule has 2 heterocycles. The molecule has 2 rings (SSSR count). The minimum absolute atomic E-state index is 0.0589. The molecule has 2 aliphatic rings. The number of Topliss-reactive ketones (excluding diaryl/α,β-unsaturated/α-hetero) is 1. The van der Waals surface area contributed by atoms with Gasteiger partial charge in [-0.3, -0.25) is 4.79 Å². The van der Waals surface area contributed by atoms with Gasteiger partial charge in [0, 0.05) is 32.1 Å². The molecular weight excluding hydrogens is 218 g/mol. The number of hydrogen-bond donors (Lipinski definition) is 1. The lowest BCUT2D eigenvalue weighted by Gasteiger charge is -2.31. The van der Waals surface area contributed by atoms with E-state index in [1.807, 2.05) is 4.90 Å². The molecule has 2 amide bonds. The Morgan fingerprint density at radius 2 is 2.00 bits per heavy atom. The third kappa shape index (κ3) is 3.19. The predicted octanol–water partition coefficient (Wildman–Crippen LogP) is 0.313. The number of nitrogens with one attached hydrogen (secondary N) is 1. The first-order valence-electron chi connectivity index (χ1n) is 6.42. The molecule has 1 N–H and O–H groups in total. The molecular formula is C12H21N3O2. The number of rotatable bonds is 4. The van der Waals surface area contributed by atoms with Crippen molar-refractivity contribution in [3.63, 3.8) is 0 Å². The number of likely N-dealkylation sites (tertiary alicyclic amines) is 1. The first-order valence-corrected chi connectivity index (χ1v) is 6.42. The van der Waals surface area contributed by atoms with Crippen LogP contribution in [0.3, 0.4) is 0 Å². The standard InChI is InChI=1S/C12H21N3O2/c1-10(16)11-2-5-14(6-3-11)8-9-15-7-4-13-12(15)17/h11H,2-9H2,1H3,(H,13,17). The largest absolute Gasteiger partial charge is 0.336 e. The van der Waals surface area contributed by atoms with Crippen molar-refractivity contribution in [3.05, 3.63) is 0 Å². The Morgan fingerprint density at radius 3 is 2.53 bits per heavy atom. The van der Waals surface area contributed by atoms with Crippen molar-refractivity contribution in [2.24, 2.45) is 5.92 Å². The molecule has 5 heteroatoms. The van der Waals surface area contributed by atoms with Crippen LogP contribution in [-0.4, -0.2) is 60.9 Å². The number of carbonyl (C=O) groups is 2. The van der Waals surface area contributed by atoms with Gasteiger partial charge in [0.2, 0.25) is 0 Å². The van der Waals surface area contributed by atoms with Gasteiger partial charge in [0.25, 0.3) is 0 Å². The lowest BCUT2D eigenvalue weighted by Crippen LogP contribution is -2.41. The van der Waals surface area contributed by atoms with E-state index in [9.17, 15) is 9.59 Å². The molecule has 2 fully saturated rings. The summed E-state index contributed by atoms with van der Waals surface area (Å²) in [6, 6.07) is 0.0589. The van der Waals surface area contributed by atoms with E-state index >= 15 is 0 Å². The Labute approximate surface area is 102 Å². The van der Waals surface area contributed by atoms with Crippen molar-refractivity contribution in [1.29, 1.82) is 0 Å². The molecule has 0 spiro atoms. The van der Waals surface area contributed by atoms with Crippen molar-refractivity contribution >= 4 is 11.8 Å². The second-order valence-corrected chi connectivity index (χ2v) is 4.95. The highest BCUT2D eigenvalue weighted by atomic mass is 16.2. The van der Waals surface area contributed by atoms with Crippen molar-refractivity contribution in [2.45, 2.75) is 19.8 Å². The Morgan fingerprint density at radius 1 is 1.29 bits per heavy atom.